The number of para-hydroxylation sites is 1. The minimum atomic E-state index is -1.46. The number of hydrogen-bond acceptors (Lipinski definition) is 3. The molecule has 1 aromatic carbocycles. The lowest BCUT2D eigenvalue weighted by Crippen LogP contribution is -2.50. The third-order valence-electron chi connectivity index (χ3n) is 4.14. The first-order valence-corrected chi connectivity index (χ1v) is 6.26. The second-order valence-corrected chi connectivity index (χ2v) is 5.22. The van der Waals surface area contributed by atoms with Crippen LogP contribution in [0.2, 0.25) is 0 Å². The topological polar surface area (TPSA) is 63.6 Å². The summed E-state index contributed by atoms with van der Waals surface area (Å²) in [5.74, 6) is -1.59. The Hall–Kier alpha value is -2.10. The zero-order chi connectivity index (χ0) is 13.6. The summed E-state index contributed by atoms with van der Waals surface area (Å²) in [4.78, 5) is 23.9. The SMILES string of the molecule is CC1=CC[C@]2(C(=O)O)C(=O)Oc3ccccc3[C@@H]2C1. The Kier molecular flexibility index (Phi) is 2.49. The van der Waals surface area contributed by atoms with Gasteiger partial charge >= 0.3 is 11.9 Å². The number of rotatable bonds is 1. The maximum absolute atomic E-state index is 12.2. The lowest BCUT2D eigenvalue weighted by molar-refractivity contribution is -0.167. The van der Waals surface area contributed by atoms with Crippen LogP contribution in [0.4, 0.5) is 0 Å². The quantitative estimate of drug-likeness (QED) is 0.364. The first-order valence-electron chi connectivity index (χ1n) is 6.26. The van der Waals surface area contributed by atoms with Gasteiger partial charge in [0.25, 0.3) is 0 Å². The summed E-state index contributed by atoms with van der Waals surface area (Å²) in [5, 5.41) is 9.58. The van der Waals surface area contributed by atoms with Crippen LogP contribution in [0.15, 0.2) is 35.9 Å². The van der Waals surface area contributed by atoms with Gasteiger partial charge in [0.15, 0.2) is 5.41 Å². The number of carbonyl (C=O) groups is 2. The molecule has 1 aliphatic carbocycles. The molecular weight excluding hydrogens is 244 g/mol. The van der Waals surface area contributed by atoms with Gasteiger partial charge in [-0.15, -0.1) is 0 Å². The number of carbonyl (C=O) groups excluding carboxylic acids is 1. The maximum atomic E-state index is 12.2. The van der Waals surface area contributed by atoms with E-state index in [4.69, 9.17) is 4.74 Å². The van der Waals surface area contributed by atoms with Crippen molar-refractivity contribution in [3.05, 3.63) is 41.5 Å². The molecule has 4 nitrogen and oxygen atoms in total. The molecule has 0 aromatic heterocycles. The van der Waals surface area contributed by atoms with Crippen LogP contribution in [0.1, 0.15) is 31.2 Å². The summed E-state index contributed by atoms with van der Waals surface area (Å²) in [5.41, 5.74) is 0.469. The standard InChI is InChI=1S/C15H14O4/c1-9-6-7-15(13(16)17)11(8-9)10-4-2-3-5-12(10)19-14(15)18/h2-6,11H,7-8H2,1H3,(H,16,17)/t11-,15-/m0/s1. The van der Waals surface area contributed by atoms with Crippen molar-refractivity contribution in [1.82, 2.24) is 0 Å². The molecule has 1 heterocycles. The van der Waals surface area contributed by atoms with Crippen molar-refractivity contribution < 1.29 is 19.4 Å². The van der Waals surface area contributed by atoms with E-state index in [1.807, 2.05) is 25.1 Å². The molecule has 0 amide bonds. The molecule has 2 aliphatic rings. The summed E-state index contributed by atoms with van der Waals surface area (Å²) in [6.45, 7) is 1.97. The summed E-state index contributed by atoms with van der Waals surface area (Å²) >= 11 is 0. The van der Waals surface area contributed by atoms with Gasteiger partial charge in [-0.05, 0) is 25.8 Å². The lowest BCUT2D eigenvalue weighted by atomic mass is 9.63. The first kappa shape index (κ1) is 12.0. The Bertz CT molecular complexity index is 602. The molecule has 2 atom stereocenters. The number of aliphatic carboxylic acids is 1. The van der Waals surface area contributed by atoms with E-state index in [9.17, 15) is 14.7 Å². The Labute approximate surface area is 110 Å². The van der Waals surface area contributed by atoms with Crippen LogP contribution in [0, 0.1) is 5.41 Å². The van der Waals surface area contributed by atoms with Crippen LogP contribution in [-0.2, 0) is 9.59 Å². The van der Waals surface area contributed by atoms with E-state index in [0.717, 1.165) is 11.1 Å². The van der Waals surface area contributed by atoms with Crippen molar-refractivity contribution in [2.24, 2.45) is 5.41 Å². The first-order chi connectivity index (χ1) is 9.05. The Morgan fingerprint density at radius 2 is 2.16 bits per heavy atom. The molecule has 0 saturated carbocycles. The number of hydrogen-bond donors (Lipinski definition) is 1. The number of esters is 1. The Balaban J connectivity index is 2.22. The van der Waals surface area contributed by atoms with E-state index >= 15 is 0 Å². The highest BCUT2D eigenvalue weighted by molar-refractivity contribution is 6.03. The van der Waals surface area contributed by atoms with Gasteiger partial charge < -0.3 is 9.84 Å². The van der Waals surface area contributed by atoms with Crippen LogP contribution < -0.4 is 4.74 Å². The Morgan fingerprint density at radius 1 is 1.42 bits per heavy atom. The maximum Gasteiger partial charge on any atom is 0.329 e. The number of carboxylic acids is 1. The van der Waals surface area contributed by atoms with Gasteiger partial charge in [0.1, 0.15) is 5.75 Å². The minimum Gasteiger partial charge on any atom is -0.480 e. The van der Waals surface area contributed by atoms with Gasteiger partial charge in [-0.3, -0.25) is 9.59 Å². The highest BCUT2D eigenvalue weighted by Gasteiger charge is 2.58. The summed E-state index contributed by atoms with van der Waals surface area (Å²) in [6.07, 6.45) is 2.62. The average Bonchev–Trinajstić information content (AvgIpc) is 2.38. The number of carboxylic acid groups (broad SMARTS) is 1. The molecule has 19 heavy (non-hydrogen) atoms. The molecule has 1 aliphatic heterocycles. The molecule has 1 N–H and O–H groups in total. The smallest absolute Gasteiger partial charge is 0.329 e. The van der Waals surface area contributed by atoms with Crippen molar-refractivity contribution in [2.45, 2.75) is 25.7 Å². The van der Waals surface area contributed by atoms with Crippen LogP contribution >= 0.6 is 0 Å². The fraction of sp³-hybridized carbons (Fsp3) is 0.333. The molecular formula is C15H14O4. The van der Waals surface area contributed by atoms with Crippen molar-refractivity contribution in [3.8, 4) is 5.75 Å². The van der Waals surface area contributed by atoms with Crippen molar-refractivity contribution in [1.29, 1.82) is 0 Å². The van der Waals surface area contributed by atoms with E-state index in [2.05, 4.69) is 0 Å². The number of fused-ring (bicyclic) bond motifs is 3. The van der Waals surface area contributed by atoms with E-state index < -0.39 is 17.4 Å². The van der Waals surface area contributed by atoms with Gasteiger partial charge in [0, 0.05) is 11.5 Å². The predicted molar refractivity (Wildman–Crippen MR) is 67.9 cm³/mol. The molecule has 0 unspecified atom stereocenters. The molecule has 3 rings (SSSR count). The number of benzene rings is 1. The van der Waals surface area contributed by atoms with Crippen molar-refractivity contribution in [3.63, 3.8) is 0 Å². The lowest BCUT2D eigenvalue weighted by Gasteiger charge is -2.41. The molecule has 98 valence electrons. The monoisotopic (exact) mass is 258 g/mol. The molecule has 0 spiro atoms. The van der Waals surface area contributed by atoms with Crippen molar-refractivity contribution >= 4 is 11.9 Å². The predicted octanol–water partition coefficient (Wildman–Crippen LogP) is 2.50. The molecule has 0 bridgehead atoms. The Morgan fingerprint density at radius 3 is 2.89 bits per heavy atom. The zero-order valence-corrected chi connectivity index (χ0v) is 10.6. The van der Waals surface area contributed by atoms with Crippen LogP contribution in [0.3, 0.4) is 0 Å². The van der Waals surface area contributed by atoms with E-state index in [1.165, 1.54) is 0 Å². The highest BCUT2D eigenvalue weighted by Crippen LogP contribution is 2.53. The van der Waals surface area contributed by atoms with E-state index in [-0.39, 0.29) is 12.3 Å². The second kappa shape index (κ2) is 3.95. The van der Waals surface area contributed by atoms with Gasteiger partial charge in [0.05, 0.1) is 0 Å². The zero-order valence-electron chi connectivity index (χ0n) is 10.6. The van der Waals surface area contributed by atoms with Crippen LogP contribution in [0.25, 0.3) is 0 Å². The van der Waals surface area contributed by atoms with Gasteiger partial charge in [-0.1, -0.05) is 29.8 Å². The van der Waals surface area contributed by atoms with Gasteiger partial charge in [-0.25, -0.2) is 0 Å². The third-order valence-corrected chi connectivity index (χ3v) is 4.14. The average molecular weight is 258 g/mol. The molecule has 0 saturated heterocycles. The molecule has 0 radical (unpaired) electrons. The fourth-order valence-corrected chi connectivity index (χ4v) is 3.03. The van der Waals surface area contributed by atoms with Gasteiger partial charge in [0.2, 0.25) is 0 Å². The summed E-state index contributed by atoms with van der Waals surface area (Å²) in [6, 6.07) is 7.19. The summed E-state index contributed by atoms with van der Waals surface area (Å²) < 4.78 is 5.25. The summed E-state index contributed by atoms with van der Waals surface area (Å²) in [7, 11) is 0. The highest BCUT2D eigenvalue weighted by atomic mass is 16.5. The third kappa shape index (κ3) is 1.52. The molecule has 0 fully saturated rings. The molecule has 1 aromatic rings. The van der Waals surface area contributed by atoms with Crippen molar-refractivity contribution in [2.75, 3.05) is 0 Å². The largest absolute Gasteiger partial charge is 0.480 e. The number of allylic oxidation sites excluding steroid dienone is 2. The van der Waals surface area contributed by atoms with Crippen LogP contribution in [-0.4, -0.2) is 17.0 Å². The minimum absolute atomic E-state index is 0.200. The van der Waals surface area contributed by atoms with Gasteiger partial charge in [-0.2, -0.15) is 0 Å². The number of ether oxygens (including phenoxy) is 1. The van der Waals surface area contributed by atoms with E-state index in [1.54, 1.807) is 12.1 Å². The normalized spacial score (nSPS) is 28.8. The van der Waals surface area contributed by atoms with Crippen LogP contribution in [0.5, 0.6) is 5.75 Å². The van der Waals surface area contributed by atoms with E-state index in [0.29, 0.717) is 12.2 Å². The fourth-order valence-electron chi connectivity index (χ4n) is 3.03. The second-order valence-electron chi connectivity index (χ2n) is 5.22. The molecule has 4 heteroatoms.